The lowest BCUT2D eigenvalue weighted by Gasteiger charge is -2.28. The molecule has 0 bridgehead atoms. The molecular weight excluding hydrogens is 210 g/mol. The molecule has 0 saturated carbocycles. The van der Waals surface area contributed by atoms with Gasteiger partial charge in [0.1, 0.15) is 6.04 Å². The van der Waals surface area contributed by atoms with Crippen LogP contribution in [0.2, 0.25) is 0 Å². The van der Waals surface area contributed by atoms with Crippen molar-refractivity contribution in [3.05, 3.63) is 22.4 Å². The van der Waals surface area contributed by atoms with Gasteiger partial charge in [0.25, 0.3) is 0 Å². The summed E-state index contributed by atoms with van der Waals surface area (Å²) in [6, 6.07) is 4.14. The van der Waals surface area contributed by atoms with E-state index in [1.54, 1.807) is 11.3 Å². The van der Waals surface area contributed by atoms with Crippen molar-refractivity contribution in [2.24, 2.45) is 0 Å². The van der Waals surface area contributed by atoms with Gasteiger partial charge < -0.3 is 10.4 Å². The molecule has 2 N–H and O–H groups in total. The Balaban J connectivity index is 1.90. The van der Waals surface area contributed by atoms with Gasteiger partial charge in [-0.3, -0.25) is 4.79 Å². The lowest BCUT2D eigenvalue weighted by atomic mass is 9.96. The molecule has 1 saturated heterocycles. The Morgan fingerprint density at radius 2 is 2.47 bits per heavy atom. The van der Waals surface area contributed by atoms with Crippen molar-refractivity contribution in [2.45, 2.75) is 37.8 Å². The normalized spacial score (nSPS) is 26.4. The van der Waals surface area contributed by atoms with E-state index < -0.39 is 5.97 Å². The first kappa shape index (κ1) is 10.6. The van der Waals surface area contributed by atoms with Crippen molar-refractivity contribution in [3.8, 4) is 0 Å². The first-order valence-corrected chi connectivity index (χ1v) is 6.15. The molecule has 15 heavy (non-hydrogen) atoms. The Bertz CT molecular complexity index is 323. The van der Waals surface area contributed by atoms with Crippen LogP contribution >= 0.6 is 11.3 Å². The molecule has 1 aromatic rings. The van der Waals surface area contributed by atoms with Crippen molar-refractivity contribution in [3.63, 3.8) is 0 Å². The standard InChI is InChI=1S/C11H15NO2S/c13-11(14)10-5-1-3-8(12-10)7-9-4-2-6-15-9/h2,4,6,8,10,12H,1,3,5,7H2,(H,13,14). The van der Waals surface area contributed by atoms with Crippen LogP contribution in [0.15, 0.2) is 17.5 Å². The fourth-order valence-corrected chi connectivity index (χ4v) is 2.83. The third-order valence-electron chi connectivity index (χ3n) is 2.81. The largest absolute Gasteiger partial charge is 0.480 e. The maximum absolute atomic E-state index is 10.8. The van der Waals surface area contributed by atoms with Crippen molar-refractivity contribution >= 4 is 17.3 Å². The smallest absolute Gasteiger partial charge is 0.320 e. The van der Waals surface area contributed by atoms with Gasteiger partial charge in [0.2, 0.25) is 0 Å². The average Bonchev–Trinajstić information content (AvgIpc) is 2.71. The Kier molecular flexibility index (Phi) is 3.38. The van der Waals surface area contributed by atoms with Crippen molar-refractivity contribution in [2.75, 3.05) is 0 Å². The third-order valence-corrected chi connectivity index (χ3v) is 3.71. The van der Waals surface area contributed by atoms with Crippen LogP contribution in [0, 0.1) is 0 Å². The molecule has 2 atom stereocenters. The van der Waals surface area contributed by atoms with Gasteiger partial charge in [-0.15, -0.1) is 11.3 Å². The van der Waals surface area contributed by atoms with Crippen LogP contribution in [-0.4, -0.2) is 23.2 Å². The van der Waals surface area contributed by atoms with Crippen LogP contribution in [0.4, 0.5) is 0 Å². The highest BCUT2D eigenvalue weighted by atomic mass is 32.1. The van der Waals surface area contributed by atoms with Crippen LogP contribution in [0.1, 0.15) is 24.1 Å². The number of aliphatic carboxylic acids is 1. The first-order chi connectivity index (χ1) is 7.25. The molecule has 0 aromatic carbocycles. The summed E-state index contributed by atoms with van der Waals surface area (Å²) in [6.07, 6.45) is 3.82. The maximum atomic E-state index is 10.8. The SMILES string of the molecule is O=C(O)C1CCCC(Cc2cccs2)N1. The minimum atomic E-state index is -0.717. The minimum Gasteiger partial charge on any atom is -0.480 e. The highest BCUT2D eigenvalue weighted by molar-refractivity contribution is 7.09. The van der Waals surface area contributed by atoms with Gasteiger partial charge in [-0.2, -0.15) is 0 Å². The topological polar surface area (TPSA) is 49.3 Å². The van der Waals surface area contributed by atoms with E-state index in [9.17, 15) is 4.79 Å². The van der Waals surface area contributed by atoms with Crippen molar-refractivity contribution in [1.29, 1.82) is 0 Å². The third kappa shape index (κ3) is 2.79. The van der Waals surface area contributed by atoms with Crippen LogP contribution in [-0.2, 0) is 11.2 Å². The Hall–Kier alpha value is -0.870. The molecule has 4 heteroatoms. The Labute approximate surface area is 93.1 Å². The van der Waals surface area contributed by atoms with Gasteiger partial charge in [0.15, 0.2) is 0 Å². The highest BCUT2D eigenvalue weighted by Crippen LogP contribution is 2.19. The summed E-state index contributed by atoms with van der Waals surface area (Å²) in [5, 5.41) is 14.2. The van der Waals surface area contributed by atoms with Crippen molar-refractivity contribution < 1.29 is 9.90 Å². The lowest BCUT2D eigenvalue weighted by molar-refractivity contribution is -0.140. The number of carboxylic acids is 1. The zero-order chi connectivity index (χ0) is 10.7. The molecule has 82 valence electrons. The molecule has 2 unspecified atom stereocenters. The minimum absolute atomic E-state index is 0.332. The van der Waals surface area contributed by atoms with Crippen LogP contribution < -0.4 is 5.32 Å². The molecule has 2 heterocycles. The summed E-state index contributed by atoms with van der Waals surface area (Å²) in [5.74, 6) is -0.717. The van der Waals surface area contributed by atoms with Crippen LogP contribution in [0.25, 0.3) is 0 Å². The molecule has 1 aliphatic rings. The molecule has 1 aliphatic heterocycles. The van der Waals surface area contributed by atoms with Crippen molar-refractivity contribution in [1.82, 2.24) is 5.32 Å². The van der Waals surface area contributed by atoms with E-state index in [1.807, 2.05) is 6.07 Å². The van der Waals surface area contributed by atoms with E-state index in [0.717, 1.165) is 25.7 Å². The second-order valence-electron chi connectivity index (χ2n) is 3.97. The summed E-state index contributed by atoms with van der Waals surface area (Å²) >= 11 is 1.74. The van der Waals surface area contributed by atoms with Crippen LogP contribution in [0.5, 0.6) is 0 Å². The van der Waals surface area contributed by atoms with Gasteiger partial charge in [-0.25, -0.2) is 0 Å². The van der Waals surface area contributed by atoms with E-state index in [4.69, 9.17) is 5.11 Å². The molecule has 0 amide bonds. The van der Waals surface area contributed by atoms with Gasteiger partial charge in [0, 0.05) is 10.9 Å². The summed E-state index contributed by atoms with van der Waals surface area (Å²) in [7, 11) is 0. The molecule has 0 aliphatic carbocycles. The Morgan fingerprint density at radius 3 is 3.13 bits per heavy atom. The number of hydrogen-bond donors (Lipinski definition) is 2. The van der Waals surface area contributed by atoms with E-state index in [0.29, 0.717) is 6.04 Å². The number of carbonyl (C=O) groups is 1. The average molecular weight is 225 g/mol. The number of nitrogens with one attached hydrogen (secondary N) is 1. The van der Waals surface area contributed by atoms with Gasteiger partial charge in [0.05, 0.1) is 0 Å². The second kappa shape index (κ2) is 4.77. The summed E-state index contributed by atoms with van der Waals surface area (Å²) in [4.78, 5) is 12.2. The van der Waals surface area contributed by atoms with Gasteiger partial charge in [-0.05, 0) is 37.1 Å². The molecular formula is C11H15NO2S. The monoisotopic (exact) mass is 225 g/mol. The lowest BCUT2D eigenvalue weighted by Crippen LogP contribution is -2.47. The van der Waals surface area contributed by atoms with E-state index in [-0.39, 0.29) is 6.04 Å². The van der Waals surface area contributed by atoms with E-state index in [2.05, 4.69) is 16.8 Å². The zero-order valence-corrected chi connectivity index (χ0v) is 9.30. The van der Waals surface area contributed by atoms with Gasteiger partial charge >= 0.3 is 5.97 Å². The summed E-state index contributed by atoms with van der Waals surface area (Å²) < 4.78 is 0. The zero-order valence-electron chi connectivity index (χ0n) is 8.48. The number of carboxylic acid groups (broad SMARTS) is 1. The molecule has 0 radical (unpaired) electrons. The fraction of sp³-hybridized carbons (Fsp3) is 0.545. The number of hydrogen-bond acceptors (Lipinski definition) is 3. The number of rotatable bonds is 3. The summed E-state index contributed by atoms with van der Waals surface area (Å²) in [6.45, 7) is 0. The van der Waals surface area contributed by atoms with E-state index in [1.165, 1.54) is 4.88 Å². The number of piperidine rings is 1. The molecule has 2 rings (SSSR count). The highest BCUT2D eigenvalue weighted by Gasteiger charge is 2.25. The molecule has 0 spiro atoms. The predicted molar refractivity (Wildman–Crippen MR) is 60.2 cm³/mol. The summed E-state index contributed by atoms with van der Waals surface area (Å²) in [5.41, 5.74) is 0. The molecule has 3 nitrogen and oxygen atoms in total. The predicted octanol–water partition coefficient (Wildman–Crippen LogP) is 1.89. The molecule has 1 fully saturated rings. The second-order valence-corrected chi connectivity index (χ2v) is 5.00. The Morgan fingerprint density at radius 1 is 1.60 bits per heavy atom. The number of thiophene rings is 1. The van der Waals surface area contributed by atoms with Gasteiger partial charge in [-0.1, -0.05) is 6.07 Å². The first-order valence-electron chi connectivity index (χ1n) is 5.27. The fourth-order valence-electron chi connectivity index (χ4n) is 2.05. The van der Waals surface area contributed by atoms with Crippen LogP contribution in [0.3, 0.4) is 0 Å². The maximum Gasteiger partial charge on any atom is 0.320 e. The molecule has 1 aromatic heterocycles. The quantitative estimate of drug-likeness (QED) is 0.826. The van der Waals surface area contributed by atoms with E-state index >= 15 is 0 Å².